The number of carbonyl (C=O) groups excluding carboxylic acids is 1. The van der Waals surface area contributed by atoms with Gasteiger partial charge in [0.1, 0.15) is 5.75 Å². The Kier molecular flexibility index (Phi) is 5.61. The summed E-state index contributed by atoms with van der Waals surface area (Å²) in [6.45, 7) is 4.51. The molecule has 0 aliphatic carbocycles. The van der Waals surface area contributed by atoms with E-state index in [0.717, 1.165) is 12.0 Å². The smallest absolute Gasteiger partial charge is 0.283 e. The first-order valence-corrected chi connectivity index (χ1v) is 9.66. The van der Waals surface area contributed by atoms with Crippen LogP contribution < -0.4 is 10.1 Å². The van der Waals surface area contributed by atoms with E-state index in [1.54, 1.807) is 30.5 Å². The quantitative estimate of drug-likeness (QED) is 0.447. The van der Waals surface area contributed by atoms with Crippen LogP contribution in [0.5, 0.6) is 5.75 Å². The van der Waals surface area contributed by atoms with Crippen molar-refractivity contribution in [1.82, 2.24) is 10.2 Å². The Morgan fingerprint density at radius 2 is 1.93 bits per heavy atom. The molecule has 30 heavy (non-hydrogen) atoms. The van der Waals surface area contributed by atoms with Gasteiger partial charge in [0.05, 0.1) is 18.4 Å². The van der Waals surface area contributed by atoms with Crippen LogP contribution in [0.2, 0.25) is 0 Å². The molecule has 4 aromatic rings. The van der Waals surface area contributed by atoms with Gasteiger partial charge in [-0.2, -0.15) is 0 Å². The highest BCUT2D eigenvalue weighted by atomic mass is 16.5. The third kappa shape index (κ3) is 4.25. The van der Waals surface area contributed by atoms with Crippen LogP contribution in [-0.2, 0) is 0 Å². The van der Waals surface area contributed by atoms with Gasteiger partial charge in [-0.1, -0.05) is 24.6 Å². The Bertz CT molecular complexity index is 1150. The van der Waals surface area contributed by atoms with Crippen LogP contribution in [-0.4, -0.2) is 22.7 Å². The molecule has 0 fully saturated rings. The molecule has 0 bridgehead atoms. The minimum Gasteiger partial charge on any atom is -0.493 e. The Labute approximate surface area is 173 Å². The fourth-order valence-electron chi connectivity index (χ4n) is 2.93. The Morgan fingerprint density at radius 3 is 2.73 bits per heavy atom. The predicted octanol–water partition coefficient (Wildman–Crippen LogP) is 5.35. The van der Waals surface area contributed by atoms with E-state index < -0.39 is 0 Å². The van der Waals surface area contributed by atoms with Gasteiger partial charge in [0.15, 0.2) is 5.76 Å². The van der Waals surface area contributed by atoms with Crippen molar-refractivity contribution in [1.29, 1.82) is 0 Å². The lowest BCUT2D eigenvalue weighted by molar-refractivity contribution is 0.102. The van der Waals surface area contributed by atoms with Gasteiger partial charge in [-0.15, -0.1) is 10.2 Å². The minimum atomic E-state index is -0.247. The molecule has 0 saturated heterocycles. The van der Waals surface area contributed by atoms with Crippen molar-refractivity contribution < 1.29 is 18.4 Å². The summed E-state index contributed by atoms with van der Waals surface area (Å²) < 4.78 is 16.7. The van der Waals surface area contributed by atoms with Gasteiger partial charge in [-0.05, 0) is 55.8 Å². The molecule has 1 N–H and O–H groups in total. The summed E-state index contributed by atoms with van der Waals surface area (Å²) in [4.78, 5) is 12.9. The number of amides is 1. The maximum atomic E-state index is 12.9. The number of carbonyl (C=O) groups is 1. The summed E-state index contributed by atoms with van der Waals surface area (Å²) in [5.74, 6) is 1.44. The first kappa shape index (κ1) is 19.4. The van der Waals surface area contributed by atoms with Crippen LogP contribution in [0.1, 0.15) is 29.3 Å². The van der Waals surface area contributed by atoms with E-state index in [4.69, 9.17) is 13.6 Å². The molecule has 7 heteroatoms. The van der Waals surface area contributed by atoms with E-state index in [2.05, 4.69) is 15.5 Å². The number of ether oxygens (including phenoxy) is 1. The molecular weight excluding hydrogens is 382 g/mol. The van der Waals surface area contributed by atoms with Gasteiger partial charge in [-0.3, -0.25) is 4.79 Å². The van der Waals surface area contributed by atoms with Crippen molar-refractivity contribution in [3.8, 4) is 28.9 Å². The molecule has 0 atom stereocenters. The molecule has 0 saturated carbocycles. The normalized spacial score (nSPS) is 10.7. The Balaban J connectivity index is 1.55. The van der Waals surface area contributed by atoms with Gasteiger partial charge >= 0.3 is 0 Å². The van der Waals surface area contributed by atoms with Crippen molar-refractivity contribution in [2.75, 3.05) is 11.9 Å². The Hall–Kier alpha value is -3.87. The largest absolute Gasteiger partial charge is 0.493 e. The number of anilines is 1. The van der Waals surface area contributed by atoms with Crippen LogP contribution in [0.15, 0.2) is 69.7 Å². The molecule has 0 spiro atoms. The number of rotatable bonds is 7. The number of nitrogens with zero attached hydrogens (tertiary/aromatic N) is 2. The lowest BCUT2D eigenvalue weighted by Gasteiger charge is -2.12. The molecule has 1 amide bonds. The summed E-state index contributed by atoms with van der Waals surface area (Å²) in [6, 6.07) is 16.3. The molecule has 0 unspecified atom stereocenters. The molecule has 152 valence electrons. The molecule has 2 aromatic carbocycles. The fraction of sp³-hybridized carbons (Fsp3) is 0.174. The van der Waals surface area contributed by atoms with Gasteiger partial charge < -0.3 is 18.9 Å². The maximum Gasteiger partial charge on any atom is 0.283 e. The predicted molar refractivity (Wildman–Crippen MR) is 112 cm³/mol. The third-order valence-corrected chi connectivity index (χ3v) is 4.37. The zero-order chi connectivity index (χ0) is 20.9. The molecule has 0 radical (unpaired) electrons. The van der Waals surface area contributed by atoms with Crippen molar-refractivity contribution in [2.45, 2.75) is 20.3 Å². The van der Waals surface area contributed by atoms with E-state index in [-0.39, 0.29) is 5.91 Å². The lowest BCUT2D eigenvalue weighted by atomic mass is 10.1. The highest BCUT2D eigenvalue weighted by Gasteiger charge is 2.16. The first-order chi connectivity index (χ1) is 14.6. The average molecular weight is 403 g/mol. The lowest BCUT2D eigenvalue weighted by Crippen LogP contribution is -2.14. The van der Waals surface area contributed by atoms with Gasteiger partial charge in [0.2, 0.25) is 5.89 Å². The molecule has 2 aromatic heterocycles. The van der Waals surface area contributed by atoms with Crippen molar-refractivity contribution in [2.24, 2.45) is 0 Å². The highest BCUT2D eigenvalue weighted by Crippen LogP contribution is 2.27. The number of nitrogens with one attached hydrogen (secondary N) is 1. The van der Waals surface area contributed by atoms with Gasteiger partial charge in [0, 0.05) is 11.3 Å². The van der Waals surface area contributed by atoms with E-state index in [0.29, 0.717) is 46.7 Å². The molecule has 7 nitrogen and oxygen atoms in total. The number of aromatic nitrogens is 2. The third-order valence-electron chi connectivity index (χ3n) is 4.37. The number of hydrogen-bond acceptors (Lipinski definition) is 6. The second-order valence-corrected chi connectivity index (χ2v) is 6.77. The van der Waals surface area contributed by atoms with Gasteiger partial charge in [-0.25, -0.2) is 0 Å². The van der Waals surface area contributed by atoms with Crippen molar-refractivity contribution in [3.05, 3.63) is 72.0 Å². The monoisotopic (exact) mass is 403 g/mol. The average Bonchev–Trinajstić information content (AvgIpc) is 3.45. The second kappa shape index (κ2) is 8.65. The topological polar surface area (TPSA) is 90.4 Å². The second-order valence-electron chi connectivity index (χ2n) is 6.77. The molecule has 0 aliphatic heterocycles. The summed E-state index contributed by atoms with van der Waals surface area (Å²) in [5, 5.41) is 11.0. The number of hydrogen-bond donors (Lipinski definition) is 1. The molecule has 0 aliphatic rings. The van der Waals surface area contributed by atoms with Crippen LogP contribution in [0.3, 0.4) is 0 Å². The Morgan fingerprint density at radius 1 is 1.07 bits per heavy atom. The summed E-state index contributed by atoms with van der Waals surface area (Å²) in [6.07, 6.45) is 2.40. The number of benzene rings is 2. The first-order valence-electron chi connectivity index (χ1n) is 9.66. The van der Waals surface area contributed by atoms with Crippen LogP contribution in [0.4, 0.5) is 5.69 Å². The van der Waals surface area contributed by atoms with E-state index in [1.807, 2.05) is 44.2 Å². The number of aryl methyl sites for hydroxylation is 1. The minimum absolute atomic E-state index is 0.247. The van der Waals surface area contributed by atoms with Crippen LogP contribution in [0.25, 0.3) is 23.1 Å². The molecule has 4 rings (SSSR count). The fourth-order valence-corrected chi connectivity index (χ4v) is 2.93. The zero-order valence-electron chi connectivity index (χ0n) is 16.7. The SMILES string of the molecule is CCCOc1ccc(C)cc1C(=O)Nc1cccc(-c2nnc(-c3ccco3)o2)c1. The van der Waals surface area contributed by atoms with Crippen LogP contribution >= 0.6 is 0 Å². The van der Waals surface area contributed by atoms with Crippen molar-refractivity contribution >= 4 is 11.6 Å². The molecular formula is C23H21N3O4. The van der Waals surface area contributed by atoms with E-state index >= 15 is 0 Å². The number of furan rings is 1. The summed E-state index contributed by atoms with van der Waals surface area (Å²) in [7, 11) is 0. The standard InChI is InChI=1S/C23H21N3O4/c1-3-11-28-19-10-9-15(2)13-18(19)21(27)24-17-7-4-6-16(14-17)22-25-26-23(30-22)20-8-5-12-29-20/h4-10,12-14H,3,11H2,1-2H3,(H,24,27). The van der Waals surface area contributed by atoms with Crippen molar-refractivity contribution in [3.63, 3.8) is 0 Å². The van der Waals surface area contributed by atoms with Crippen LogP contribution in [0, 0.1) is 6.92 Å². The zero-order valence-corrected chi connectivity index (χ0v) is 16.7. The van der Waals surface area contributed by atoms with E-state index in [9.17, 15) is 4.79 Å². The summed E-state index contributed by atoms with van der Waals surface area (Å²) >= 11 is 0. The summed E-state index contributed by atoms with van der Waals surface area (Å²) in [5.41, 5.74) is 2.77. The maximum absolute atomic E-state index is 12.9. The molecule has 2 heterocycles. The van der Waals surface area contributed by atoms with E-state index in [1.165, 1.54) is 0 Å². The van der Waals surface area contributed by atoms with Gasteiger partial charge in [0.25, 0.3) is 11.8 Å². The highest BCUT2D eigenvalue weighted by molar-refractivity contribution is 6.06.